The van der Waals surface area contributed by atoms with Gasteiger partial charge in [-0.25, -0.2) is 0 Å². The number of alkyl halides is 3. The zero-order chi connectivity index (χ0) is 15.0. The van der Waals surface area contributed by atoms with Crippen LogP contribution in [0, 0.1) is 0 Å². The van der Waals surface area contributed by atoms with E-state index in [-0.39, 0.29) is 13.0 Å². The van der Waals surface area contributed by atoms with Crippen LogP contribution in [-0.2, 0) is 17.9 Å². The highest BCUT2D eigenvalue weighted by Gasteiger charge is 2.25. The van der Waals surface area contributed by atoms with E-state index in [2.05, 4.69) is 19.2 Å². The maximum absolute atomic E-state index is 12.0. The number of ether oxygens (including phenoxy) is 1. The van der Waals surface area contributed by atoms with E-state index < -0.39 is 12.6 Å². The van der Waals surface area contributed by atoms with Crippen molar-refractivity contribution < 1.29 is 17.9 Å². The van der Waals surface area contributed by atoms with Gasteiger partial charge in [0.25, 0.3) is 0 Å². The molecule has 0 aromatic heterocycles. The number of halogens is 3. The lowest BCUT2D eigenvalue weighted by Gasteiger charge is -2.13. The normalized spacial score (nSPS) is 12.1. The minimum Gasteiger partial charge on any atom is -0.377 e. The van der Waals surface area contributed by atoms with Gasteiger partial charge in [0.1, 0.15) is 0 Å². The number of nitrogens with one attached hydrogen (secondary N) is 1. The highest BCUT2D eigenvalue weighted by molar-refractivity contribution is 5.26. The Hall–Kier alpha value is -1.07. The van der Waals surface area contributed by atoms with Gasteiger partial charge in [0.2, 0.25) is 0 Å². The zero-order valence-electron chi connectivity index (χ0n) is 12.0. The van der Waals surface area contributed by atoms with E-state index in [1.165, 1.54) is 0 Å². The summed E-state index contributed by atoms with van der Waals surface area (Å²) in [4.78, 5) is 0. The number of rotatable bonds is 8. The monoisotopic (exact) mass is 289 g/mol. The van der Waals surface area contributed by atoms with Crippen LogP contribution in [0.1, 0.15) is 37.8 Å². The van der Waals surface area contributed by atoms with Crippen LogP contribution >= 0.6 is 0 Å². The quantitative estimate of drug-likeness (QED) is 0.729. The van der Waals surface area contributed by atoms with Gasteiger partial charge in [0.05, 0.1) is 6.61 Å². The first-order valence-electron chi connectivity index (χ1n) is 6.83. The van der Waals surface area contributed by atoms with Gasteiger partial charge in [-0.15, -0.1) is 0 Å². The largest absolute Gasteiger partial charge is 0.389 e. The van der Waals surface area contributed by atoms with Crippen LogP contribution < -0.4 is 5.32 Å². The average molecular weight is 289 g/mol. The summed E-state index contributed by atoms with van der Waals surface area (Å²) in [6, 6.07) is 8.19. The van der Waals surface area contributed by atoms with Gasteiger partial charge in [-0.3, -0.25) is 0 Å². The third kappa shape index (κ3) is 7.50. The molecular weight excluding hydrogens is 267 g/mol. The fourth-order valence-electron chi connectivity index (χ4n) is 1.74. The Bertz CT molecular complexity index is 391. The van der Waals surface area contributed by atoms with Gasteiger partial charge in [-0.05, 0) is 17.5 Å². The summed E-state index contributed by atoms with van der Waals surface area (Å²) in [5.41, 5.74) is 2.14. The molecule has 0 saturated carbocycles. The summed E-state index contributed by atoms with van der Waals surface area (Å²) in [6.07, 6.45) is -4.87. The molecule has 5 heteroatoms. The average Bonchev–Trinajstić information content (AvgIpc) is 2.35. The van der Waals surface area contributed by atoms with Crippen molar-refractivity contribution in [1.29, 1.82) is 0 Å². The summed E-state index contributed by atoms with van der Waals surface area (Å²) >= 11 is 0. The molecule has 20 heavy (non-hydrogen) atoms. The third-order valence-electron chi connectivity index (χ3n) is 2.83. The SMILES string of the molecule is CC(C)NCc1ccccc1COCCCC(F)(F)F. The van der Waals surface area contributed by atoms with Gasteiger partial charge < -0.3 is 10.1 Å². The summed E-state index contributed by atoms with van der Waals surface area (Å²) in [6.45, 7) is 5.35. The molecule has 2 nitrogen and oxygen atoms in total. The molecule has 0 spiro atoms. The van der Waals surface area contributed by atoms with E-state index in [1.807, 2.05) is 24.3 Å². The highest BCUT2D eigenvalue weighted by atomic mass is 19.4. The molecule has 0 fully saturated rings. The molecule has 1 aromatic carbocycles. The molecule has 0 atom stereocenters. The predicted molar refractivity (Wildman–Crippen MR) is 73.4 cm³/mol. The molecule has 0 aliphatic rings. The number of hydrogen-bond acceptors (Lipinski definition) is 2. The van der Waals surface area contributed by atoms with Crippen molar-refractivity contribution in [2.45, 2.75) is 52.1 Å². The molecule has 0 aliphatic carbocycles. The summed E-state index contributed by atoms with van der Waals surface area (Å²) in [7, 11) is 0. The minimum absolute atomic E-state index is 0.00983. The van der Waals surface area contributed by atoms with Crippen molar-refractivity contribution in [2.75, 3.05) is 6.61 Å². The second kappa shape index (κ2) is 8.27. The molecule has 0 amide bonds. The van der Waals surface area contributed by atoms with E-state index >= 15 is 0 Å². The number of hydrogen-bond donors (Lipinski definition) is 1. The lowest BCUT2D eigenvalue weighted by molar-refractivity contribution is -0.138. The third-order valence-corrected chi connectivity index (χ3v) is 2.83. The molecule has 0 saturated heterocycles. The first kappa shape index (κ1) is 17.0. The topological polar surface area (TPSA) is 21.3 Å². The highest BCUT2D eigenvalue weighted by Crippen LogP contribution is 2.21. The van der Waals surface area contributed by atoms with Crippen LogP contribution in [0.25, 0.3) is 0 Å². The smallest absolute Gasteiger partial charge is 0.377 e. The molecule has 0 aliphatic heterocycles. The molecule has 1 rings (SSSR count). The van der Waals surface area contributed by atoms with Gasteiger partial charge in [-0.1, -0.05) is 38.1 Å². The maximum Gasteiger partial charge on any atom is 0.389 e. The van der Waals surface area contributed by atoms with E-state index in [9.17, 15) is 13.2 Å². The van der Waals surface area contributed by atoms with Crippen LogP contribution in [0.5, 0.6) is 0 Å². The summed E-state index contributed by atoms with van der Waals surface area (Å²) < 4.78 is 41.3. The Morgan fingerprint density at radius 2 is 1.80 bits per heavy atom. The lowest BCUT2D eigenvalue weighted by atomic mass is 10.1. The van der Waals surface area contributed by atoms with E-state index in [4.69, 9.17) is 4.74 Å². The Morgan fingerprint density at radius 1 is 1.15 bits per heavy atom. The van der Waals surface area contributed by atoms with E-state index in [1.54, 1.807) is 0 Å². The summed E-state index contributed by atoms with van der Waals surface area (Å²) in [5.74, 6) is 0. The van der Waals surface area contributed by atoms with Crippen molar-refractivity contribution in [2.24, 2.45) is 0 Å². The molecule has 114 valence electrons. The van der Waals surface area contributed by atoms with Crippen LogP contribution in [0.3, 0.4) is 0 Å². The molecule has 0 bridgehead atoms. The van der Waals surface area contributed by atoms with Crippen molar-refractivity contribution in [3.8, 4) is 0 Å². The summed E-state index contributed by atoms with van der Waals surface area (Å²) in [5, 5.41) is 3.32. The Kier molecular flexibility index (Phi) is 7.02. The zero-order valence-corrected chi connectivity index (χ0v) is 12.0. The molecule has 0 radical (unpaired) electrons. The van der Waals surface area contributed by atoms with Crippen LogP contribution in [0.2, 0.25) is 0 Å². The van der Waals surface area contributed by atoms with Crippen LogP contribution in [0.4, 0.5) is 13.2 Å². The Balaban J connectivity index is 2.36. The molecule has 0 unspecified atom stereocenters. The lowest BCUT2D eigenvalue weighted by Crippen LogP contribution is -2.22. The van der Waals surface area contributed by atoms with Crippen molar-refractivity contribution in [3.63, 3.8) is 0 Å². The van der Waals surface area contributed by atoms with E-state index in [0.717, 1.165) is 17.7 Å². The fraction of sp³-hybridized carbons (Fsp3) is 0.600. The van der Waals surface area contributed by atoms with Gasteiger partial charge >= 0.3 is 6.18 Å². The second-order valence-corrected chi connectivity index (χ2v) is 5.08. The van der Waals surface area contributed by atoms with Gasteiger partial charge in [0.15, 0.2) is 0 Å². The van der Waals surface area contributed by atoms with Crippen molar-refractivity contribution in [1.82, 2.24) is 5.32 Å². The van der Waals surface area contributed by atoms with Gasteiger partial charge in [-0.2, -0.15) is 13.2 Å². The Labute approximate surface area is 118 Å². The maximum atomic E-state index is 12.0. The van der Waals surface area contributed by atoms with E-state index in [0.29, 0.717) is 12.6 Å². The molecule has 1 aromatic rings. The fourth-order valence-corrected chi connectivity index (χ4v) is 1.74. The second-order valence-electron chi connectivity index (χ2n) is 5.08. The first-order chi connectivity index (χ1) is 9.38. The van der Waals surface area contributed by atoms with Crippen molar-refractivity contribution >= 4 is 0 Å². The standard InChI is InChI=1S/C15H22F3NO/c1-12(2)19-10-13-6-3-4-7-14(13)11-20-9-5-8-15(16,17)18/h3-4,6-7,12,19H,5,8-11H2,1-2H3. The van der Waals surface area contributed by atoms with Crippen LogP contribution in [0.15, 0.2) is 24.3 Å². The Morgan fingerprint density at radius 3 is 2.40 bits per heavy atom. The molecule has 1 N–H and O–H groups in total. The van der Waals surface area contributed by atoms with Crippen molar-refractivity contribution in [3.05, 3.63) is 35.4 Å². The molecule has 0 heterocycles. The number of benzene rings is 1. The first-order valence-corrected chi connectivity index (χ1v) is 6.83. The molecular formula is C15H22F3NO. The van der Waals surface area contributed by atoms with Crippen LogP contribution in [-0.4, -0.2) is 18.8 Å². The predicted octanol–water partition coefficient (Wildman–Crippen LogP) is 4.04. The minimum atomic E-state index is -4.09. The van der Waals surface area contributed by atoms with Gasteiger partial charge in [0, 0.05) is 25.6 Å².